The van der Waals surface area contributed by atoms with Crippen LogP contribution in [0.4, 0.5) is 11.4 Å². The van der Waals surface area contributed by atoms with Crippen molar-refractivity contribution >= 4 is 90.0 Å². The minimum atomic E-state index is -4.99. The van der Waals surface area contributed by atoms with Crippen molar-refractivity contribution in [3.63, 3.8) is 0 Å². The van der Waals surface area contributed by atoms with E-state index in [0.717, 1.165) is 48.6 Å². The Kier molecular flexibility index (Phi) is 11.6. The van der Waals surface area contributed by atoms with E-state index in [0.29, 0.717) is 12.6 Å². The Morgan fingerprint density at radius 2 is 0.964 bits per heavy atom. The molecule has 0 bridgehead atoms. The van der Waals surface area contributed by atoms with Crippen LogP contribution in [0.1, 0.15) is 52.6 Å². The number of pyridine rings is 2. The van der Waals surface area contributed by atoms with Crippen LogP contribution in [0, 0.1) is 0 Å². The zero-order chi connectivity index (χ0) is 38.9. The molecule has 0 aliphatic heterocycles. The molecule has 0 saturated heterocycles. The number of aldehydes is 2. The van der Waals surface area contributed by atoms with Crippen LogP contribution in [0.3, 0.4) is 0 Å². The van der Waals surface area contributed by atoms with E-state index < -0.39 is 53.3 Å². The van der Waals surface area contributed by atoms with Crippen LogP contribution in [0.5, 0.6) is 11.5 Å². The average molecular weight is 792 g/mol. The third-order valence-corrected chi connectivity index (χ3v) is 9.90. The smallest absolute Gasteiger partial charge is 0.505 e. The van der Waals surface area contributed by atoms with Gasteiger partial charge in [0.2, 0.25) is 0 Å². The molecule has 2 aromatic heterocycles. The molecule has 0 aliphatic carbocycles. The maximum Gasteiger partial charge on any atom is 1.00 e. The summed E-state index contributed by atoms with van der Waals surface area (Å²) in [4.78, 5) is 56.1. The van der Waals surface area contributed by atoms with Crippen molar-refractivity contribution < 1.29 is 84.9 Å². The standard InChI is InChI=1S/C36H24N4O12S2.Na/c41-17-21-13-27(33(43)31-25(21)3-1-11-37-31)35(45)39-23-9-7-19(29(15-23)53(47,48)49)5-6-20-8-10-24(16-30(20)54(50,51)52)40-36(46)28-14-22(18-42)26-4-2-12-38-32(26)34(28)44;/h1-18,43-44H,(H,39,45)(H,40,46)(H,47,48,49)(H,50,51,52);/q;+1/b6-5+;. The first-order chi connectivity index (χ1) is 25.6. The van der Waals surface area contributed by atoms with Crippen molar-refractivity contribution in [3.8, 4) is 11.5 Å². The van der Waals surface area contributed by atoms with Gasteiger partial charge in [-0.3, -0.25) is 38.3 Å². The van der Waals surface area contributed by atoms with Crippen LogP contribution >= 0.6 is 0 Å². The number of amides is 2. The second-order valence-electron chi connectivity index (χ2n) is 11.5. The molecule has 0 aliphatic rings. The van der Waals surface area contributed by atoms with Gasteiger partial charge in [-0.15, -0.1) is 0 Å². The van der Waals surface area contributed by atoms with Gasteiger partial charge in [0.15, 0.2) is 24.1 Å². The largest absolute Gasteiger partial charge is 1.00 e. The second kappa shape index (κ2) is 15.9. The summed E-state index contributed by atoms with van der Waals surface area (Å²) in [5.41, 5.74) is -1.37. The third-order valence-electron chi connectivity index (χ3n) is 8.08. The van der Waals surface area contributed by atoms with Gasteiger partial charge in [0.1, 0.15) is 20.8 Å². The Morgan fingerprint density at radius 3 is 1.31 bits per heavy atom. The number of fused-ring (bicyclic) bond motifs is 2. The Balaban J connectivity index is 0.00000580. The number of aromatic hydroxyl groups is 2. The molecule has 2 amide bonds. The van der Waals surface area contributed by atoms with Crippen LogP contribution in [0.2, 0.25) is 0 Å². The maximum atomic E-state index is 13.1. The number of carbonyl (C=O) groups excluding carboxylic acids is 4. The number of benzene rings is 4. The van der Waals surface area contributed by atoms with Crippen molar-refractivity contribution in [2.75, 3.05) is 10.6 Å². The van der Waals surface area contributed by atoms with Gasteiger partial charge in [0.25, 0.3) is 32.1 Å². The fourth-order valence-corrected chi connectivity index (χ4v) is 7.00. The second-order valence-corrected chi connectivity index (χ2v) is 14.2. The average Bonchev–Trinajstić information content (AvgIpc) is 3.14. The predicted octanol–water partition coefficient (Wildman–Crippen LogP) is 1.99. The van der Waals surface area contributed by atoms with Gasteiger partial charge in [0, 0.05) is 45.7 Å². The molecule has 0 radical (unpaired) electrons. The SMILES string of the molecule is O=Cc1cc(C(=O)Nc2ccc(/C=C/c3ccc(NC(=O)c4cc(C=O)c5cccnc5c4O)cc3S(=O)(=O)O)c(S(=O)(=O)O)c2)c(O)c2ncccc12.[Na+]. The molecule has 4 aromatic carbocycles. The summed E-state index contributed by atoms with van der Waals surface area (Å²) in [5.74, 6) is -2.98. The molecule has 2 heterocycles. The number of phenolic OH excluding ortho intramolecular Hbond substituents is 2. The zero-order valence-electron chi connectivity index (χ0n) is 28.2. The van der Waals surface area contributed by atoms with Crippen LogP contribution in [0.25, 0.3) is 34.0 Å². The van der Waals surface area contributed by atoms with Gasteiger partial charge in [-0.05, 0) is 59.7 Å². The summed E-state index contributed by atoms with van der Waals surface area (Å²) in [7, 11) is -9.97. The molecule has 6 aromatic rings. The Bertz CT molecular complexity index is 2650. The molecule has 16 nitrogen and oxygen atoms in total. The first-order valence-corrected chi connectivity index (χ1v) is 18.1. The van der Waals surface area contributed by atoms with E-state index in [4.69, 9.17) is 0 Å². The molecule has 0 fully saturated rings. The van der Waals surface area contributed by atoms with E-state index in [-0.39, 0.29) is 96.1 Å². The normalized spacial score (nSPS) is 11.6. The van der Waals surface area contributed by atoms with E-state index in [2.05, 4.69) is 20.6 Å². The molecular formula is C36H24N4NaO12S2+. The number of carbonyl (C=O) groups is 4. The van der Waals surface area contributed by atoms with Crippen LogP contribution < -0.4 is 40.2 Å². The van der Waals surface area contributed by atoms with E-state index in [1.165, 1.54) is 48.8 Å². The third kappa shape index (κ3) is 8.30. The number of hydrogen-bond acceptors (Lipinski definition) is 12. The minimum Gasteiger partial charge on any atom is -0.505 e. The first-order valence-electron chi connectivity index (χ1n) is 15.3. The Morgan fingerprint density at radius 1 is 0.582 bits per heavy atom. The molecule has 0 unspecified atom stereocenters. The van der Waals surface area contributed by atoms with Crippen LogP contribution in [-0.2, 0) is 20.2 Å². The number of phenols is 2. The van der Waals surface area contributed by atoms with Crippen LogP contribution in [-0.4, -0.2) is 70.5 Å². The maximum absolute atomic E-state index is 13.1. The van der Waals surface area contributed by atoms with Crippen LogP contribution in [0.15, 0.2) is 95.0 Å². The Hall–Kier alpha value is -5.86. The molecule has 272 valence electrons. The number of aromatic nitrogens is 2. The van der Waals surface area contributed by atoms with E-state index in [1.54, 1.807) is 0 Å². The number of nitrogens with one attached hydrogen (secondary N) is 2. The summed E-state index contributed by atoms with van der Waals surface area (Å²) in [6.45, 7) is 0. The van der Waals surface area contributed by atoms with Gasteiger partial charge < -0.3 is 20.8 Å². The molecule has 6 N–H and O–H groups in total. The van der Waals surface area contributed by atoms with E-state index >= 15 is 0 Å². The van der Waals surface area contributed by atoms with Crippen molar-refractivity contribution in [2.45, 2.75) is 9.79 Å². The monoisotopic (exact) mass is 791 g/mol. The summed E-state index contributed by atoms with van der Waals surface area (Å²) in [6.07, 6.45) is 5.81. The minimum absolute atomic E-state index is 0. The van der Waals surface area contributed by atoms with Gasteiger partial charge in [-0.2, -0.15) is 16.8 Å². The quantitative estimate of drug-likeness (QED) is 0.0502. The topological polar surface area (TPSA) is 267 Å². The van der Waals surface area contributed by atoms with E-state index in [1.807, 2.05) is 0 Å². The van der Waals surface area contributed by atoms with Crippen molar-refractivity contribution in [3.05, 3.63) is 119 Å². The zero-order valence-corrected chi connectivity index (χ0v) is 31.8. The van der Waals surface area contributed by atoms with Gasteiger partial charge in [-0.1, -0.05) is 36.4 Å². The predicted molar refractivity (Wildman–Crippen MR) is 195 cm³/mol. The van der Waals surface area contributed by atoms with Gasteiger partial charge in [0.05, 0.1) is 11.1 Å². The molecule has 19 heteroatoms. The molecule has 0 saturated carbocycles. The fraction of sp³-hybridized carbons (Fsp3) is 0. The molecule has 55 heavy (non-hydrogen) atoms. The summed E-state index contributed by atoms with van der Waals surface area (Å²) < 4.78 is 69.6. The molecule has 0 atom stereocenters. The van der Waals surface area contributed by atoms with Gasteiger partial charge >= 0.3 is 29.6 Å². The summed E-state index contributed by atoms with van der Waals surface area (Å²) in [6, 6.07) is 14.9. The summed E-state index contributed by atoms with van der Waals surface area (Å²) in [5, 5.41) is 26.7. The number of anilines is 2. The fourth-order valence-electron chi connectivity index (χ4n) is 5.58. The van der Waals surface area contributed by atoms with Crippen molar-refractivity contribution in [1.82, 2.24) is 9.97 Å². The Labute approximate surface area is 333 Å². The molecular weight excluding hydrogens is 768 g/mol. The number of hydrogen-bond donors (Lipinski definition) is 6. The van der Waals surface area contributed by atoms with Crippen molar-refractivity contribution in [1.29, 1.82) is 0 Å². The number of nitrogens with zero attached hydrogens (tertiary/aromatic N) is 2. The number of rotatable bonds is 10. The van der Waals surface area contributed by atoms with E-state index in [9.17, 15) is 55.3 Å². The molecule has 0 spiro atoms. The van der Waals surface area contributed by atoms with Gasteiger partial charge in [-0.25, -0.2) is 0 Å². The molecule has 6 rings (SSSR count). The first kappa shape index (κ1) is 40.3. The summed E-state index contributed by atoms with van der Waals surface area (Å²) >= 11 is 0. The van der Waals surface area contributed by atoms with Crippen molar-refractivity contribution in [2.24, 2.45) is 0 Å².